The van der Waals surface area contributed by atoms with Crippen molar-refractivity contribution in [3.05, 3.63) is 29.3 Å². The first-order valence-corrected chi connectivity index (χ1v) is 6.23. The van der Waals surface area contributed by atoms with Crippen molar-refractivity contribution in [2.45, 2.75) is 39.8 Å². The molecule has 0 radical (unpaired) electrons. The first-order chi connectivity index (χ1) is 8.08. The number of phenolic OH excluding ortho intramolecular Hbond substituents is 1. The summed E-state index contributed by atoms with van der Waals surface area (Å²) in [6, 6.07) is 5.75. The van der Waals surface area contributed by atoms with Gasteiger partial charge in [0, 0.05) is 18.2 Å². The third-order valence-corrected chi connectivity index (χ3v) is 3.11. The fourth-order valence-corrected chi connectivity index (χ4v) is 1.75. The Labute approximate surface area is 103 Å². The summed E-state index contributed by atoms with van der Waals surface area (Å²) in [4.78, 5) is 0. The third-order valence-electron chi connectivity index (χ3n) is 3.11. The van der Waals surface area contributed by atoms with Crippen LogP contribution < -0.4 is 5.32 Å². The van der Waals surface area contributed by atoms with Gasteiger partial charge in [0.05, 0.1) is 6.61 Å². The Kier molecular flexibility index (Phi) is 5.45. The molecule has 1 rings (SSSR count). The van der Waals surface area contributed by atoms with Crippen LogP contribution in [0.1, 0.15) is 31.9 Å². The van der Waals surface area contributed by atoms with Crippen LogP contribution in [0.4, 0.5) is 0 Å². The third kappa shape index (κ3) is 4.02. The van der Waals surface area contributed by atoms with E-state index >= 15 is 0 Å². The minimum absolute atomic E-state index is 0.0692. The molecule has 96 valence electrons. The second-order valence-electron chi connectivity index (χ2n) is 4.73. The van der Waals surface area contributed by atoms with E-state index in [-0.39, 0.29) is 12.6 Å². The predicted molar refractivity (Wildman–Crippen MR) is 70.0 cm³/mol. The number of nitrogens with one attached hydrogen (secondary N) is 1. The second-order valence-corrected chi connectivity index (χ2v) is 4.73. The van der Waals surface area contributed by atoms with E-state index in [9.17, 15) is 10.2 Å². The monoisotopic (exact) mass is 237 g/mol. The SMILES string of the molecule is CCc1ccc(O)c(CNC(CO)C(C)C)c1. The van der Waals surface area contributed by atoms with Gasteiger partial charge in [-0.05, 0) is 24.0 Å². The summed E-state index contributed by atoms with van der Waals surface area (Å²) >= 11 is 0. The molecule has 0 aliphatic carbocycles. The minimum Gasteiger partial charge on any atom is -0.508 e. The lowest BCUT2D eigenvalue weighted by atomic mass is 10.0. The molecule has 17 heavy (non-hydrogen) atoms. The van der Waals surface area contributed by atoms with Crippen LogP contribution >= 0.6 is 0 Å². The van der Waals surface area contributed by atoms with Crippen LogP contribution in [-0.2, 0) is 13.0 Å². The molecule has 0 saturated heterocycles. The van der Waals surface area contributed by atoms with Crippen LogP contribution in [-0.4, -0.2) is 22.9 Å². The molecular weight excluding hydrogens is 214 g/mol. The average molecular weight is 237 g/mol. The van der Waals surface area contributed by atoms with Gasteiger partial charge in [-0.3, -0.25) is 0 Å². The van der Waals surface area contributed by atoms with Crippen LogP contribution in [0.25, 0.3) is 0 Å². The number of hydrogen-bond donors (Lipinski definition) is 3. The molecule has 1 aromatic carbocycles. The predicted octanol–water partition coefficient (Wildman–Crippen LogP) is 2.06. The molecule has 3 nitrogen and oxygen atoms in total. The second kappa shape index (κ2) is 6.62. The van der Waals surface area contributed by atoms with Crippen molar-refractivity contribution in [2.75, 3.05) is 6.61 Å². The first kappa shape index (κ1) is 14.0. The van der Waals surface area contributed by atoms with Crippen molar-refractivity contribution in [3.8, 4) is 5.75 Å². The molecule has 0 fully saturated rings. The number of hydrogen-bond acceptors (Lipinski definition) is 3. The van der Waals surface area contributed by atoms with Gasteiger partial charge in [-0.25, -0.2) is 0 Å². The fourth-order valence-electron chi connectivity index (χ4n) is 1.75. The van der Waals surface area contributed by atoms with E-state index in [1.165, 1.54) is 5.56 Å². The lowest BCUT2D eigenvalue weighted by molar-refractivity contribution is 0.209. The molecule has 0 aromatic heterocycles. The number of aliphatic hydroxyl groups excluding tert-OH is 1. The highest BCUT2D eigenvalue weighted by Gasteiger charge is 2.12. The number of aliphatic hydroxyl groups is 1. The number of aromatic hydroxyl groups is 1. The Hall–Kier alpha value is -1.06. The number of phenols is 1. The van der Waals surface area contributed by atoms with Crippen molar-refractivity contribution < 1.29 is 10.2 Å². The van der Waals surface area contributed by atoms with Crippen molar-refractivity contribution in [1.29, 1.82) is 0 Å². The maximum Gasteiger partial charge on any atom is 0.120 e. The van der Waals surface area contributed by atoms with Crippen molar-refractivity contribution >= 4 is 0 Å². The van der Waals surface area contributed by atoms with Gasteiger partial charge in [-0.15, -0.1) is 0 Å². The molecule has 1 unspecified atom stereocenters. The van der Waals surface area contributed by atoms with Gasteiger partial charge >= 0.3 is 0 Å². The zero-order valence-electron chi connectivity index (χ0n) is 10.9. The normalized spacial score (nSPS) is 13.0. The fraction of sp³-hybridized carbons (Fsp3) is 0.571. The highest BCUT2D eigenvalue weighted by Crippen LogP contribution is 2.19. The van der Waals surface area contributed by atoms with Gasteiger partial charge in [0.1, 0.15) is 5.75 Å². The summed E-state index contributed by atoms with van der Waals surface area (Å²) in [5.41, 5.74) is 2.10. The van der Waals surface area contributed by atoms with Gasteiger partial charge in [0.2, 0.25) is 0 Å². The van der Waals surface area contributed by atoms with Crippen LogP contribution in [0.3, 0.4) is 0 Å². The van der Waals surface area contributed by atoms with Gasteiger partial charge in [-0.1, -0.05) is 32.9 Å². The molecule has 0 aliphatic heterocycles. The summed E-state index contributed by atoms with van der Waals surface area (Å²) in [6.07, 6.45) is 0.959. The number of rotatable bonds is 6. The Morgan fingerprint density at radius 2 is 2.00 bits per heavy atom. The molecule has 0 spiro atoms. The molecule has 3 N–H and O–H groups in total. The summed E-state index contributed by atoms with van der Waals surface area (Å²) in [7, 11) is 0. The maximum atomic E-state index is 9.75. The van der Waals surface area contributed by atoms with Crippen molar-refractivity contribution in [1.82, 2.24) is 5.32 Å². The van der Waals surface area contributed by atoms with Crippen LogP contribution in [0, 0.1) is 5.92 Å². The standard InChI is InChI=1S/C14H23NO2/c1-4-11-5-6-14(17)12(7-11)8-15-13(9-16)10(2)3/h5-7,10,13,15-17H,4,8-9H2,1-3H3. The van der Waals surface area contributed by atoms with E-state index in [1.807, 2.05) is 12.1 Å². The summed E-state index contributed by atoms with van der Waals surface area (Å²) < 4.78 is 0. The summed E-state index contributed by atoms with van der Waals surface area (Å²) in [5.74, 6) is 0.687. The zero-order valence-corrected chi connectivity index (χ0v) is 10.9. The molecule has 0 saturated carbocycles. The maximum absolute atomic E-state index is 9.75. The Balaban J connectivity index is 2.67. The molecular formula is C14H23NO2. The molecule has 3 heteroatoms. The first-order valence-electron chi connectivity index (χ1n) is 6.23. The molecule has 0 bridgehead atoms. The van der Waals surface area contributed by atoms with E-state index in [0.717, 1.165) is 12.0 Å². The van der Waals surface area contributed by atoms with E-state index in [2.05, 4.69) is 26.1 Å². The number of benzene rings is 1. The molecule has 0 heterocycles. The van der Waals surface area contributed by atoms with Gasteiger partial charge in [0.25, 0.3) is 0 Å². The molecule has 1 atom stereocenters. The lowest BCUT2D eigenvalue weighted by Gasteiger charge is -2.20. The summed E-state index contributed by atoms with van der Waals surface area (Å²) in [6.45, 7) is 6.93. The lowest BCUT2D eigenvalue weighted by Crippen LogP contribution is -2.36. The van der Waals surface area contributed by atoms with E-state index in [1.54, 1.807) is 6.07 Å². The van der Waals surface area contributed by atoms with Crippen LogP contribution in [0.5, 0.6) is 5.75 Å². The molecule has 0 aliphatic rings. The largest absolute Gasteiger partial charge is 0.508 e. The average Bonchev–Trinajstić information content (AvgIpc) is 2.31. The Morgan fingerprint density at radius 3 is 2.53 bits per heavy atom. The number of aryl methyl sites for hydroxylation is 1. The van der Waals surface area contributed by atoms with Crippen molar-refractivity contribution in [3.63, 3.8) is 0 Å². The van der Waals surface area contributed by atoms with E-state index < -0.39 is 0 Å². The van der Waals surface area contributed by atoms with Gasteiger partial charge in [0.15, 0.2) is 0 Å². The smallest absolute Gasteiger partial charge is 0.120 e. The van der Waals surface area contributed by atoms with Gasteiger partial charge < -0.3 is 15.5 Å². The van der Waals surface area contributed by atoms with Crippen LogP contribution in [0.2, 0.25) is 0 Å². The molecule has 1 aromatic rings. The van der Waals surface area contributed by atoms with E-state index in [4.69, 9.17) is 0 Å². The topological polar surface area (TPSA) is 52.5 Å². The van der Waals surface area contributed by atoms with Crippen LogP contribution in [0.15, 0.2) is 18.2 Å². The highest BCUT2D eigenvalue weighted by atomic mass is 16.3. The van der Waals surface area contributed by atoms with E-state index in [0.29, 0.717) is 18.2 Å². The zero-order chi connectivity index (χ0) is 12.8. The Bertz CT molecular complexity index is 350. The Morgan fingerprint density at radius 1 is 1.29 bits per heavy atom. The minimum atomic E-state index is 0.0692. The summed E-state index contributed by atoms with van der Waals surface area (Å²) in [5, 5.41) is 22.2. The highest BCUT2D eigenvalue weighted by molar-refractivity contribution is 5.36. The molecule has 0 amide bonds. The van der Waals surface area contributed by atoms with Gasteiger partial charge in [-0.2, -0.15) is 0 Å². The quantitative estimate of drug-likeness (QED) is 0.710. The van der Waals surface area contributed by atoms with Crippen molar-refractivity contribution in [2.24, 2.45) is 5.92 Å².